The van der Waals surface area contributed by atoms with Crippen molar-refractivity contribution < 1.29 is 19.1 Å². The number of likely N-dealkylation sites (tertiary alicyclic amines) is 1. The number of hydrogen-bond acceptors (Lipinski definition) is 6. The van der Waals surface area contributed by atoms with Crippen LogP contribution in [0.25, 0.3) is 10.2 Å². The van der Waals surface area contributed by atoms with Gasteiger partial charge in [0.25, 0.3) is 5.91 Å². The Kier molecular flexibility index (Phi) is 5.73. The summed E-state index contributed by atoms with van der Waals surface area (Å²) in [4.78, 5) is 46.7. The number of fused-ring (bicyclic) bond motifs is 1. The number of nitrogens with one attached hydrogen (secondary N) is 1. The molecule has 0 saturated carbocycles. The van der Waals surface area contributed by atoms with E-state index in [2.05, 4.69) is 11.4 Å². The molecule has 9 heteroatoms. The highest BCUT2D eigenvalue weighted by atomic mass is 32.1. The van der Waals surface area contributed by atoms with Crippen LogP contribution >= 0.6 is 11.3 Å². The minimum atomic E-state index is -1.25. The number of benzene rings is 2. The molecule has 1 N–H and O–H groups in total. The van der Waals surface area contributed by atoms with Gasteiger partial charge in [0.15, 0.2) is 0 Å². The average Bonchev–Trinajstić information content (AvgIpc) is 3.39. The van der Waals surface area contributed by atoms with Crippen molar-refractivity contribution in [3.8, 4) is 5.75 Å². The first kappa shape index (κ1) is 22.3. The van der Waals surface area contributed by atoms with Crippen molar-refractivity contribution in [2.75, 3.05) is 26.7 Å². The first-order valence-corrected chi connectivity index (χ1v) is 12.1. The van der Waals surface area contributed by atoms with Crippen molar-refractivity contribution in [2.45, 2.75) is 31.2 Å². The Morgan fingerprint density at radius 1 is 1.24 bits per heavy atom. The molecule has 2 aliphatic rings. The van der Waals surface area contributed by atoms with E-state index in [9.17, 15) is 14.4 Å². The highest BCUT2D eigenvalue weighted by Crippen LogP contribution is 2.34. The topological polar surface area (TPSA) is 91.8 Å². The minimum Gasteiger partial charge on any atom is -0.497 e. The van der Waals surface area contributed by atoms with Crippen LogP contribution in [-0.2, 0) is 15.1 Å². The molecule has 3 heterocycles. The van der Waals surface area contributed by atoms with Gasteiger partial charge in [0.1, 0.15) is 17.8 Å². The molecule has 0 radical (unpaired) electrons. The van der Waals surface area contributed by atoms with Gasteiger partial charge in [-0.3, -0.25) is 14.5 Å². The zero-order chi connectivity index (χ0) is 23.9. The molecular weight excluding hydrogens is 452 g/mol. The summed E-state index contributed by atoms with van der Waals surface area (Å²) in [5, 5.41) is 3.79. The van der Waals surface area contributed by atoms with Gasteiger partial charge in [-0.05, 0) is 49.6 Å². The maximum Gasteiger partial charge on any atom is 0.325 e. The van der Waals surface area contributed by atoms with Gasteiger partial charge in [-0.1, -0.05) is 24.3 Å². The highest BCUT2D eigenvalue weighted by Gasteiger charge is 2.50. The summed E-state index contributed by atoms with van der Waals surface area (Å²) in [6.07, 6.45) is 1.81. The van der Waals surface area contributed by atoms with Crippen molar-refractivity contribution in [3.63, 3.8) is 0 Å². The van der Waals surface area contributed by atoms with E-state index in [4.69, 9.17) is 9.72 Å². The lowest BCUT2D eigenvalue weighted by Gasteiger charge is -2.32. The fraction of sp³-hybridized carbons (Fsp3) is 0.360. The number of para-hydroxylation sites is 1. The molecule has 3 aromatic rings. The molecule has 4 amide bonds. The SMILES string of the molecule is COc1cccc([C@@]2(C)NC(=O)N(CC(=O)N3CCC[C@@H](c4nc5ccccc5s4)C3)C2=O)c1. The molecule has 0 unspecified atom stereocenters. The number of piperidine rings is 1. The summed E-state index contributed by atoms with van der Waals surface area (Å²) in [6, 6.07) is 14.5. The van der Waals surface area contributed by atoms with Crippen LogP contribution in [0.1, 0.15) is 36.3 Å². The number of urea groups is 1. The Hall–Kier alpha value is -3.46. The highest BCUT2D eigenvalue weighted by molar-refractivity contribution is 7.18. The normalized spacial score (nSPS) is 22.8. The fourth-order valence-electron chi connectivity index (χ4n) is 4.68. The third kappa shape index (κ3) is 3.90. The van der Waals surface area contributed by atoms with E-state index in [1.165, 1.54) is 0 Å². The van der Waals surface area contributed by atoms with E-state index in [0.717, 1.165) is 33.0 Å². The van der Waals surface area contributed by atoms with Gasteiger partial charge in [-0.25, -0.2) is 9.78 Å². The summed E-state index contributed by atoms with van der Waals surface area (Å²) < 4.78 is 6.39. The first-order chi connectivity index (χ1) is 16.4. The van der Waals surface area contributed by atoms with Crippen LogP contribution < -0.4 is 10.1 Å². The van der Waals surface area contributed by atoms with Gasteiger partial charge in [0.2, 0.25) is 5.91 Å². The van der Waals surface area contributed by atoms with Crippen LogP contribution in [-0.4, -0.2) is 59.4 Å². The minimum absolute atomic E-state index is 0.153. The summed E-state index contributed by atoms with van der Waals surface area (Å²) >= 11 is 1.66. The van der Waals surface area contributed by atoms with Crippen LogP contribution in [0.15, 0.2) is 48.5 Å². The van der Waals surface area contributed by atoms with Gasteiger partial charge >= 0.3 is 6.03 Å². The molecule has 2 saturated heterocycles. The molecule has 176 valence electrons. The van der Waals surface area contributed by atoms with Crippen LogP contribution in [0.2, 0.25) is 0 Å². The summed E-state index contributed by atoms with van der Waals surface area (Å²) in [6.45, 7) is 2.51. The molecule has 0 spiro atoms. The maximum absolute atomic E-state index is 13.3. The lowest BCUT2D eigenvalue weighted by Crippen LogP contribution is -2.47. The second-order valence-corrected chi connectivity index (χ2v) is 9.94. The van der Waals surface area contributed by atoms with Crippen LogP contribution in [0.5, 0.6) is 5.75 Å². The zero-order valence-corrected chi connectivity index (χ0v) is 19.9. The molecule has 0 bridgehead atoms. The molecule has 0 aliphatic carbocycles. The molecule has 2 atom stereocenters. The third-order valence-electron chi connectivity index (χ3n) is 6.65. The zero-order valence-electron chi connectivity index (χ0n) is 19.1. The largest absolute Gasteiger partial charge is 0.497 e. The van der Waals surface area contributed by atoms with Crippen molar-refractivity contribution >= 4 is 39.4 Å². The van der Waals surface area contributed by atoms with E-state index in [0.29, 0.717) is 24.4 Å². The van der Waals surface area contributed by atoms with Crippen molar-refractivity contribution in [1.82, 2.24) is 20.1 Å². The lowest BCUT2D eigenvalue weighted by atomic mass is 9.92. The number of amides is 4. The van der Waals surface area contributed by atoms with Crippen molar-refractivity contribution in [2.24, 2.45) is 0 Å². The maximum atomic E-state index is 13.3. The predicted molar refractivity (Wildman–Crippen MR) is 129 cm³/mol. The number of carbonyl (C=O) groups is 3. The Bertz CT molecular complexity index is 1240. The molecule has 2 aliphatic heterocycles. The quantitative estimate of drug-likeness (QED) is 0.567. The van der Waals surface area contributed by atoms with Gasteiger partial charge in [0.05, 0.1) is 22.3 Å². The number of methoxy groups -OCH3 is 1. The summed E-state index contributed by atoms with van der Waals surface area (Å²) in [5.74, 6) is 0.0628. The number of rotatable bonds is 5. The summed E-state index contributed by atoms with van der Waals surface area (Å²) in [7, 11) is 1.54. The standard InChI is InChI=1S/C25H26N4O4S/c1-25(17-8-5-9-18(13-17)33-2)23(31)29(24(32)27-25)15-21(30)28-12-6-7-16(14-28)22-26-19-10-3-4-11-20(19)34-22/h3-5,8-11,13,16H,6-7,12,14-15H2,1-2H3,(H,27,32)/t16-,25-/m1/s1. The van der Waals surface area contributed by atoms with Crippen molar-refractivity contribution in [3.05, 3.63) is 59.1 Å². The fourth-order valence-corrected chi connectivity index (χ4v) is 5.77. The predicted octanol–water partition coefficient (Wildman–Crippen LogP) is 3.48. The molecule has 1 aromatic heterocycles. The number of carbonyl (C=O) groups excluding carboxylic acids is 3. The first-order valence-electron chi connectivity index (χ1n) is 11.3. The van der Waals surface area contributed by atoms with E-state index >= 15 is 0 Å². The van der Waals surface area contributed by atoms with Crippen molar-refractivity contribution in [1.29, 1.82) is 0 Å². The van der Waals surface area contributed by atoms with Crippen LogP contribution in [0, 0.1) is 0 Å². The Morgan fingerprint density at radius 3 is 2.85 bits per heavy atom. The number of imide groups is 1. The summed E-state index contributed by atoms with van der Waals surface area (Å²) in [5.41, 5.74) is 0.327. The third-order valence-corrected chi connectivity index (χ3v) is 7.85. The van der Waals surface area contributed by atoms with E-state index in [-0.39, 0.29) is 18.4 Å². The molecule has 34 heavy (non-hydrogen) atoms. The average molecular weight is 479 g/mol. The van der Waals surface area contributed by atoms with E-state index in [1.54, 1.807) is 54.5 Å². The number of aromatic nitrogens is 1. The number of hydrogen-bond donors (Lipinski definition) is 1. The van der Waals surface area contributed by atoms with Gasteiger partial charge in [0, 0.05) is 19.0 Å². The molecule has 2 aromatic carbocycles. The molecule has 8 nitrogen and oxygen atoms in total. The smallest absolute Gasteiger partial charge is 0.325 e. The van der Waals surface area contributed by atoms with Gasteiger partial charge < -0.3 is 15.0 Å². The number of ether oxygens (including phenoxy) is 1. The Balaban J connectivity index is 1.29. The number of nitrogens with zero attached hydrogens (tertiary/aromatic N) is 3. The van der Waals surface area contributed by atoms with Crippen LogP contribution in [0.4, 0.5) is 4.79 Å². The Labute approximate surface area is 201 Å². The molecular formula is C25H26N4O4S. The molecule has 2 fully saturated rings. The van der Waals surface area contributed by atoms with Gasteiger partial charge in [-0.15, -0.1) is 11.3 Å². The molecule has 5 rings (SSSR count). The van der Waals surface area contributed by atoms with E-state index in [1.807, 2.05) is 18.2 Å². The Morgan fingerprint density at radius 2 is 2.06 bits per heavy atom. The number of thiazole rings is 1. The van der Waals surface area contributed by atoms with E-state index < -0.39 is 17.5 Å². The second kappa shape index (κ2) is 8.72. The lowest BCUT2D eigenvalue weighted by molar-refractivity contribution is -0.139. The van der Waals surface area contributed by atoms with Crippen LogP contribution in [0.3, 0.4) is 0 Å². The monoisotopic (exact) mass is 478 g/mol. The second-order valence-electron chi connectivity index (χ2n) is 8.88. The van der Waals surface area contributed by atoms with Gasteiger partial charge in [-0.2, -0.15) is 0 Å².